The van der Waals surface area contributed by atoms with Crippen molar-refractivity contribution >= 4 is 0 Å². The molecule has 1 heterocycles. The molecule has 0 bridgehead atoms. The van der Waals surface area contributed by atoms with Gasteiger partial charge in [0.15, 0.2) is 0 Å². The van der Waals surface area contributed by atoms with Gasteiger partial charge in [-0.15, -0.1) is 0 Å². The zero-order valence-electron chi connectivity index (χ0n) is 6.58. The first-order valence-corrected chi connectivity index (χ1v) is 3.59. The van der Waals surface area contributed by atoms with Gasteiger partial charge in [0.05, 0.1) is 5.69 Å². The zero-order chi connectivity index (χ0) is 8.10. The Bertz CT molecular complexity index is 225. The molecule has 1 rings (SSSR count). The summed E-state index contributed by atoms with van der Waals surface area (Å²) < 4.78 is 5.30. The fraction of sp³-hybridized carbons (Fsp3) is 0.375. The van der Waals surface area contributed by atoms with E-state index in [1.165, 1.54) is 0 Å². The fourth-order valence-electron chi connectivity index (χ4n) is 0.791. The number of ether oxygens (including phenoxy) is 1. The van der Waals surface area contributed by atoms with E-state index in [-0.39, 0.29) is 0 Å². The van der Waals surface area contributed by atoms with Crippen LogP contribution in [0.5, 0.6) is 5.75 Å². The van der Waals surface area contributed by atoms with Crippen molar-refractivity contribution in [2.24, 2.45) is 5.73 Å². The van der Waals surface area contributed by atoms with Gasteiger partial charge in [-0.3, -0.25) is 4.98 Å². The summed E-state index contributed by atoms with van der Waals surface area (Å²) in [6.07, 6.45) is 1.74. The van der Waals surface area contributed by atoms with Gasteiger partial charge < -0.3 is 10.5 Å². The molecule has 0 aromatic carbocycles. The Kier molecular flexibility index (Phi) is 2.86. The van der Waals surface area contributed by atoms with Crippen molar-refractivity contribution in [2.75, 3.05) is 13.2 Å². The molecule has 3 heteroatoms. The average molecular weight is 152 g/mol. The van der Waals surface area contributed by atoms with Gasteiger partial charge in [-0.1, -0.05) is 0 Å². The third kappa shape index (κ3) is 2.20. The van der Waals surface area contributed by atoms with Crippen LogP contribution in [-0.4, -0.2) is 18.1 Å². The molecule has 0 atom stereocenters. The highest BCUT2D eigenvalue weighted by Gasteiger charge is 1.96. The molecular formula is C8H12N2O. The van der Waals surface area contributed by atoms with Crippen molar-refractivity contribution in [3.63, 3.8) is 0 Å². The highest BCUT2D eigenvalue weighted by atomic mass is 16.5. The smallest absolute Gasteiger partial charge is 0.140 e. The molecule has 0 aliphatic rings. The lowest BCUT2D eigenvalue weighted by molar-refractivity contribution is 0.324. The quantitative estimate of drug-likeness (QED) is 0.694. The van der Waals surface area contributed by atoms with E-state index in [1.54, 1.807) is 6.20 Å². The molecule has 0 aliphatic heterocycles. The molecule has 0 unspecified atom stereocenters. The molecule has 0 saturated heterocycles. The zero-order valence-corrected chi connectivity index (χ0v) is 6.58. The number of hydrogen-bond acceptors (Lipinski definition) is 3. The minimum absolute atomic E-state index is 0.536. The maximum absolute atomic E-state index is 5.30. The molecule has 0 aliphatic carbocycles. The number of hydrogen-bond donors (Lipinski definition) is 1. The van der Waals surface area contributed by atoms with Crippen LogP contribution in [0.1, 0.15) is 5.69 Å². The normalized spacial score (nSPS) is 9.64. The number of pyridine rings is 1. The molecule has 1 aromatic rings. The van der Waals surface area contributed by atoms with E-state index in [9.17, 15) is 0 Å². The lowest BCUT2D eigenvalue weighted by Crippen LogP contribution is -2.11. The maximum Gasteiger partial charge on any atom is 0.140 e. The van der Waals surface area contributed by atoms with E-state index in [0.29, 0.717) is 13.2 Å². The lowest BCUT2D eigenvalue weighted by atomic mass is 10.3. The van der Waals surface area contributed by atoms with Crippen LogP contribution in [0.15, 0.2) is 18.3 Å². The molecule has 1 aromatic heterocycles. The summed E-state index contributed by atoms with van der Waals surface area (Å²) >= 11 is 0. The number of nitrogens with zero attached hydrogens (tertiary/aromatic N) is 1. The van der Waals surface area contributed by atoms with Gasteiger partial charge in [-0.05, 0) is 19.1 Å². The van der Waals surface area contributed by atoms with Gasteiger partial charge in [-0.25, -0.2) is 0 Å². The Morgan fingerprint density at radius 3 is 3.09 bits per heavy atom. The molecule has 60 valence electrons. The Labute approximate surface area is 66.2 Å². The maximum atomic E-state index is 5.30. The third-order valence-electron chi connectivity index (χ3n) is 1.33. The molecule has 0 radical (unpaired) electrons. The van der Waals surface area contributed by atoms with Gasteiger partial charge >= 0.3 is 0 Å². The molecule has 3 nitrogen and oxygen atoms in total. The van der Waals surface area contributed by atoms with Crippen molar-refractivity contribution in [2.45, 2.75) is 6.92 Å². The Morgan fingerprint density at radius 2 is 2.45 bits per heavy atom. The second-order valence-electron chi connectivity index (χ2n) is 2.22. The van der Waals surface area contributed by atoms with Gasteiger partial charge in [0, 0.05) is 12.7 Å². The molecule has 0 amide bonds. The number of rotatable bonds is 3. The third-order valence-corrected chi connectivity index (χ3v) is 1.33. The van der Waals surface area contributed by atoms with Crippen molar-refractivity contribution in [1.82, 2.24) is 4.98 Å². The van der Waals surface area contributed by atoms with Crippen LogP contribution in [0, 0.1) is 6.92 Å². The monoisotopic (exact) mass is 152 g/mol. The SMILES string of the molecule is Cc1ncccc1OCCN. The van der Waals surface area contributed by atoms with Gasteiger partial charge in [-0.2, -0.15) is 0 Å². The van der Waals surface area contributed by atoms with Crippen molar-refractivity contribution < 1.29 is 4.74 Å². The summed E-state index contributed by atoms with van der Waals surface area (Å²) in [7, 11) is 0. The molecule has 0 saturated carbocycles. The minimum atomic E-state index is 0.536. The van der Waals surface area contributed by atoms with E-state index < -0.39 is 0 Å². The average Bonchev–Trinajstić information content (AvgIpc) is 2.03. The first kappa shape index (κ1) is 8.01. The number of aromatic nitrogens is 1. The van der Waals surface area contributed by atoms with E-state index in [4.69, 9.17) is 10.5 Å². The van der Waals surface area contributed by atoms with E-state index in [2.05, 4.69) is 4.98 Å². The predicted molar refractivity (Wildman–Crippen MR) is 43.5 cm³/mol. The van der Waals surface area contributed by atoms with E-state index in [0.717, 1.165) is 11.4 Å². The van der Waals surface area contributed by atoms with Crippen molar-refractivity contribution in [1.29, 1.82) is 0 Å². The summed E-state index contributed by atoms with van der Waals surface area (Å²) in [5.74, 6) is 0.818. The van der Waals surface area contributed by atoms with Crippen LogP contribution < -0.4 is 10.5 Å². The van der Waals surface area contributed by atoms with Crippen LogP contribution in [0.25, 0.3) is 0 Å². The van der Waals surface area contributed by atoms with Gasteiger partial charge in [0.1, 0.15) is 12.4 Å². The van der Waals surface area contributed by atoms with Gasteiger partial charge in [0.25, 0.3) is 0 Å². The topological polar surface area (TPSA) is 48.1 Å². The van der Waals surface area contributed by atoms with Crippen LogP contribution in [0.3, 0.4) is 0 Å². The molecule has 0 spiro atoms. The summed E-state index contributed by atoms with van der Waals surface area (Å²) in [6.45, 7) is 2.99. The highest BCUT2D eigenvalue weighted by molar-refractivity contribution is 5.25. The molecule has 2 N–H and O–H groups in total. The number of nitrogens with two attached hydrogens (primary N) is 1. The summed E-state index contributed by atoms with van der Waals surface area (Å²) in [6, 6.07) is 3.73. The van der Waals surface area contributed by atoms with Crippen molar-refractivity contribution in [3.05, 3.63) is 24.0 Å². The molecular weight excluding hydrogens is 140 g/mol. The van der Waals surface area contributed by atoms with Crippen LogP contribution in [0.2, 0.25) is 0 Å². The second-order valence-corrected chi connectivity index (χ2v) is 2.22. The van der Waals surface area contributed by atoms with Crippen molar-refractivity contribution in [3.8, 4) is 5.75 Å². The van der Waals surface area contributed by atoms with Crippen LogP contribution in [-0.2, 0) is 0 Å². The standard InChI is InChI=1S/C8H12N2O/c1-7-8(11-6-4-9)3-2-5-10-7/h2-3,5H,4,6,9H2,1H3. The molecule has 11 heavy (non-hydrogen) atoms. The summed E-state index contributed by atoms with van der Waals surface area (Å²) in [5, 5.41) is 0. The van der Waals surface area contributed by atoms with Gasteiger partial charge in [0.2, 0.25) is 0 Å². The Hall–Kier alpha value is -1.09. The largest absolute Gasteiger partial charge is 0.490 e. The van der Waals surface area contributed by atoms with E-state index in [1.807, 2.05) is 19.1 Å². The van der Waals surface area contributed by atoms with Crippen LogP contribution >= 0.6 is 0 Å². The van der Waals surface area contributed by atoms with E-state index >= 15 is 0 Å². The first-order chi connectivity index (χ1) is 5.34. The first-order valence-electron chi connectivity index (χ1n) is 3.59. The van der Waals surface area contributed by atoms with Crippen LogP contribution in [0.4, 0.5) is 0 Å². The predicted octanol–water partition coefficient (Wildman–Crippen LogP) is 0.728. The fourth-order valence-corrected chi connectivity index (χ4v) is 0.791. The minimum Gasteiger partial charge on any atom is -0.490 e. The Balaban J connectivity index is 2.62. The molecule has 0 fully saturated rings. The summed E-state index contributed by atoms with van der Waals surface area (Å²) in [4.78, 5) is 4.07. The summed E-state index contributed by atoms with van der Waals surface area (Å²) in [5.41, 5.74) is 6.18. The lowest BCUT2D eigenvalue weighted by Gasteiger charge is -2.05. The second kappa shape index (κ2) is 3.93. The highest BCUT2D eigenvalue weighted by Crippen LogP contribution is 2.12. The Morgan fingerprint density at radius 1 is 1.64 bits per heavy atom. The number of aryl methyl sites for hydroxylation is 1.